The molecule has 0 bridgehead atoms. The highest BCUT2D eigenvalue weighted by Gasteiger charge is 2.04. The molecule has 0 fully saturated rings. The Morgan fingerprint density at radius 2 is 2.09 bits per heavy atom. The maximum atomic E-state index is 5.03. The lowest BCUT2D eigenvalue weighted by Gasteiger charge is -2.10. The van der Waals surface area contributed by atoms with Crippen molar-refractivity contribution in [1.29, 1.82) is 0 Å². The topological polar surface area (TPSA) is 58.5 Å². The monoisotopic (exact) mass is 318 g/mol. The Bertz CT molecular complexity index is 583. The van der Waals surface area contributed by atoms with Crippen molar-refractivity contribution < 1.29 is 4.74 Å². The first kappa shape index (κ1) is 16.5. The molecule has 0 aliphatic rings. The summed E-state index contributed by atoms with van der Waals surface area (Å²) in [4.78, 5) is 9.19. The maximum Gasteiger partial charge on any atom is 0.191 e. The highest BCUT2D eigenvalue weighted by Crippen LogP contribution is 2.23. The summed E-state index contributed by atoms with van der Waals surface area (Å²) in [5, 5.41) is 9.52. The predicted molar refractivity (Wildman–Crippen MR) is 92.2 cm³/mol. The molecule has 0 amide bonds. The number of nitrogens with zero attached hydrogens (tertiary/aromatic N) is 2. The number of rotatable bonds is 7. The van der Waals surface area contributed by atoms with Gasteiger partial charge in [0.15, 0.2) is 5.96 Å². The molecule has 22 heavy (non-hydrogen) atoms. The lowest BCUT2D eigenvalue weighted by Crippen LogP contribution is -2.38. The van der Waals surface area contributed by atoms with Gasteiger partial charge in [0, 0.05) is 31.1 Å². The van der Waals surface area contributed by atoms with Gasteiger partial charge in [-0.15, -0.1) is 11.3 Å². The van der Waals surface area contributed by atoms with Crippen molar-refractivity contribution in [2.45, 2.75) is 13.5 Å². The summed E-state index contributed by atoms with van der Waals surface area (Å²) >= 11 is 1.65. The van der Waals surface area contributed by atoms with E-state index in [4.69, 9.17) is 4.74 Å². The Hall–Kier alpha value is -1.92. The van der Waals surface area contributed by atoms with Gasteiger partial charge in [0.1, 0.15) is 5.01 Å². The van der Waals surface area contributed by atoms with E-state index in [9.17, 15) is 0 Å². The van der Waals surface area contributed by atoms with E-state index in [1.165, 1.54) is 0 Å². The van der Waals surface area contributed by atoms with Crippen LogP contribution < -0.4 is 10.6 Å². The first-order valence-electron chi connectivity index (χ1n) is 7.34. The number of aliphatic imine (C=N–C) groups is 1. The minimum Gasteiger partial charge on any atom is -0.383 e. The molecular formula is C16H22N4OS. The van der Waals surface area contributed by atoms with Gasteiger partial charge in [0.05, 0.1) is 18.8 Å². The van der Waals surface area contributed by atoms with Crippen LogP contribution in [0.3, 0.4) is 0 Å². The van der Waals surface area contributed by atoms with E-state index in [0.717, 1.165) is 35.3 Å². The summed E-state index contributed by atoms with van der Waals surface area (Å²) in [6.07, 6.45) is 0. The van der Waals surface area contributed by atoms with Crippen molar-refractivity contribution in [3.63, 3.8) is 0 Å². The second-order valence-corrected chi connectivity index (χ2v) is 5.48. The standard InChI is InChI=1S/C16H22N4OS/c1-3-17-16(18-9-10-21-2)19-11-14-12-22-15(20-14)13-7-5-4-6-8-13/h4-8,12H,3,9-11H2,1-2H3,(H2,17,18,19). The second-order valence-electron chi connectivity index (χ2n) is 4.62. The average Bonchev–Trinajstić information content (AvgIpc) is 3.03. The molecule has 0 spiro atoms. The van der Waals surface area contributed by atoms with Crippen LogP contribution in [-0.2, 0) is 11.3 Å². The van der Waals surface area contributed by atoms with Crippen LogP contribution in [0.4, 0.5) is 0 Å². The quantitative estimate of drug-likeness (QED) is 0.468. The number of hydrogen-bond donors (Lipinski definition) is 2. The molecule has 0 saturated carbocycles. The summed E-state index contributed by atoms with van der Waals surface area (Å²) in [5.41, 5.74) is 2.13. The van der Waals surface area contributed by atoms with E-state index in [-0.39, 0.29) is 0 Å². The molecule has 0 unspecified atom stereocenters. The van der Waals surface area contributed by atoms with E-state index in [0.29, 0.717) is 13.2 Å². The molecule has 1 aromatic heterocycles. The van der Waals surface area contributed by atoms with E-state index in [2.05, 4.69) is 38.1 Å². The largest absolute Gasteiger partial charge is 0.383 e. The number of hydrogen-bond acceptors (Lipinski definition) is 4. The first-order valence-corrected chi connectivity index (χ1v) is 8.22. The summed E-state index contributed by atoms with van der Waals surface area (Å²) in [5.74, 6) is 0.786. The summed E-state index contributed by atoms with van der Waals surface area (Å²) < 4.78 is 5.03. The molecule has 0 atom stereocenters. The smallest absolute Gasteiger partial charge is 0.191 e. The van der Waals surface area contributed by atoms with Gasteiger partial charge in [-0.05, 0) is 6.92 Å². The molecular weight excluding hydrogens is 296 g/mol. The van der Waals surface area contributed by atoms with E-state index < -0.39 is 0 Å². The number of guanidine groups is 1. The average molecular weight is 318 g/mol. The van der Waals surface area contributed by atoms with Gasteiger partial charge in [-0.2, -0.15) is 0 Å². The van der Waals surface area contributed by atoms with Gasteiger partial charge in [-0.3, -0.25) is 0 Å². The molecule has 0 aliphatic heterocycles. The molecule has 118 valence electrons. The van der Waals surface area contributed by atoms with Gasteiger partial charge >= 0.3 is 0 Å². The highest BCUT2D eigenvalue weighted by atomic mass is 32.1. The number of nitrogens with one attached hydrogen (secondary N) is 2. The Labute approximate surface area is 135 Å². The molecule has 2 N–H and O–H groups in total. The lowest BCUT2D eigenvalue weighted by molar-refractivity contribution is 0.203. The minimum atomic E-state index is 0.561. The van der Waals surface area contributed by atoms with Crippen LogP contribution in [0, 0.1) is 0 Å². The Morgan fingerprint density at radius 3 is 2.82 bits per heavy atom. The normalized spacial score (nSPS) is 11.5. The Balaban J connectivity index is 1.97. The molecule has 0 aliphatic carbocycles. The van der Waals surface area contributed by atoms with Gasteiger partial charge in [0.25, 0.3) is 0 Å². The molecule has 0 radical (unpaired) electrons. The fourth-order valence-electron chi connectivity index (χ4n) is 1.87. The Morgan fingerprint density at radius 1 is 1.27 bits per heavy atom. The van der Waals surface area contributed by atoms with Gasteiger partial charge in [-0.25, -0.2) is 9.98 Å². The van der Waals surface area contributed by atoms with Crippen molar-refractivity contribution in [2.75, 3.05) is 26.8 Å². The molecule has 0 saturated heterocycles. The second kappa shape index (κ2) is 9.17. The summed E-state index contributed by atoms with van der Waals surface area (Å²) in [6.45, 7) is 4.81. The van der Waals surface area contributed by atoms with Crippen LogP contribution in [0.1, 0.15) is 12.6 Å². The van der Waals surface area contributed by atoms with Crippen LogP contribution >= 0.6 is 11.3 Å². The zero-order valence-electron chi connectivity index (χ0n) is 13.0. The number of ether oxygens (including phenoxy) is 1. The third-order valence-electron chi connectivity index (χ3n) is 2.91. The van der Waals surface area contributed by atoms with Crippen LogP contribution in [0.15, 0.2) is 40.7 Å². The van der Waals surface area contributed by atoms with Crippen molar-refractivity contribution in [3.05, 3.63) is 41.4 Å². The van der Waals surface area contributed by atoms with Crippen LogP contribution in [0.25, 0.3) is 10.6 Å². The summed E-state index contributed by atoms with van der Waals surface area (Å²) in [7, 11) is 1.69. The van der Waals surface area contributed by atoms with Crippen molar-refractivity contribution >= 4 is 17.3 Å². The van der Waals surface area contributed by atoms with Crippen molar-refractivity contribution in [1.82, 2.24) is 15.6 Å². The highest BCUT2D eigenvalue weighted by molar-refractivity contribution is 7.13. The number of aromatic nitrogens is 1. The molecule has 1 heterocycles. The minimum absolute atomic E-state index is 0.561. The number of thiazole rings is 1. The fraction of sp³-hybridized carbons (Fsp3) is 0.375. The van der Waals surface area contributed by atoms with E-state index in [1.807, 2.05) is 25.1 Å². The van der Waals surface area contributed by atoms with E-state index >= 15 is 0 Å². The van der Waals surface area contributed by atoms with Crippen molar-refractivity contribution in [3.8, 4) is 10.6 Å². The first-order chi connectivity index (χ1) is 10.8. The molecule has 5 nitrogen and oxygen atoms in total. The molecule has 2 aromatic rings. The SMILES string of the molecule is CCNC(=NCc1csc(-c2ccccc2)n1)NCCOC. The van der Waals surface area contributed by atoms with Crippen LogP contribution in [0.5, 0.6) is 0 Å². The Kier molecular flexibility index (Phi) is 6.86. The summed E-state index contributed by atoms with van der Waals surface area (Å²) in [6, 6.07) is 10.2. The van der Waals surface area contributed by atoms with E-state index in [1.54, 1.807) is 18.4 Å². The lowest BCUT2D eigenvalue weighted by atomic mass is 10.2. The maximum absolute atomic E-state index is 5.03. The number of benzene rings is 1. The third-order valence-corrected chi connectivity index (χ3v) is 3.85. The zero-order chi connectivity index (χ0) is 15.6. The van der Waals surface area contributed by atoms with Crippen LogP contribution in [-0.4, -0.2) is 37.7 Å². The molecule has 1 aromatic carbocycles. The predicted octanol–water partition coefficient (Wildman–Crippen LogP) is 2.51. The molecule has 2 rings (SSSR count). The van der Waals surface area contributed by atoms with Crippen LogP contribution in [0.2, 0.25) is 0 Å². The zero-order valence-corrected chi connectivity index (χ0v) is 13.8. The third kappa shape index (κ3) is 5.13. The fourth-order valence-corrected chi connectivity index (χ4v) is 2.68. The van der Waals surface area contributed by atoms with Gasteiger partial charge < -0.3 is 15.4 Å². The van der Waals surface area contributed by atoms with Gasteiger partial charge in [0.2, 0.25) is 0 Å². The number of methoxy groups -OCH3 is 1. The van der Waals surface area contributed by atoms with Gasteiger partial charge in [-0.1, -0.05) is 30.3 Å². The molecule has 6 heteroatoms. The van der Waals surface area contributed by atoms with Crippen molar-refractivity contribution in [2.24, 2.45) is 4.99 Å².